The van der Waals surface area contributed by atoms with Crippen molar-refractivity contribution in [3.05, 3.63) is 47.0 Å². The van der Waals surface area contributed by atoms with E-state index in [2.05, 4.69) is 25.9 Å². The van der Waals surface area contributed by atoms with E-state index < -0.39 is 11.7 Å². The van der Waals surface area contributed by atoms with E-state index in [9.17, 15) is 13.2 Å². The highest BCUT2D eigenvalue weighted by Gasteiger charge is 2.34. The van der Waals surface area contributed by atoms with Crippen molar-refractivity contribution < 1.29 is 17.9 Å². The molecule has 4 nitrogen and oxygen atoms in total. The van der Waals surface area contributed by atoms with Gasteiger partial charge in [0.25, 0.3) is 0 Å². The molecule has 3 heterocycles. The third-order valence-corrected chi connectivity index (χ3v) is 3.73. The summed E-state index contributed by atoms with van der Waals surface area (Å²) in [6.45, 7) is 0. The molecule has 3 rings (SSSR count). The van der Waals surface area contributed by atoms with Gasteiger partial charge in [-0.25, -0.2) is 9.97 Å². The number of aromatic nitrogens is 3. The van der Waals surface area contributed by atoms with Gasteiger partial charge >= 0.3 is 6.18 Å². The van der Waals surface area contributed by atoms with Crippen molar-refractivity contribution in [2.45, 2.75) is 6.18 Å². The van der Waals surface area contributed by atoms with Gasteiger partial charge in [-0.2, -0.15) is 13.2 Å². The topological polar surface area (TPSA) is 39.4 Å². The number of fused-ring (bicyclic) bond motifs is 1. The summed E-state index contributed by atoms with van der Waals surface area (Å²) in [6, 6.07) is 4.31. The molecule has 0 aliphatic rings. The molecular weight excluding hydrogens is 363 g/mol. The van der Waals surface area contributed by atoms with E-state index in [1.165, 1.54) is 23.9 Å². The van der Waals surface area contributed by atoms with Gasteiger partial charge in [-0.3, -0.25) is 4.40 Å². The van der Waals surface area contributed by atoms with Crippen LogP contribution in [-0.4, -0.2) is 21.5 Å². The van der Waals surface area contributed by atoms with E-state index in [0.29, 0.717) is 21.6 Å². The highest BCUT2D eigenvalue weighted by Crippen LogP contribution is 2.36. The number of rotatable bonds is 2. The van der Waals surface area contributed by atoms with Gasteiger partial charge in [-0.15, -0.1) is 0 Å². The second-order valence-corrected chi connectivity index (χ2v) is 5.32. The van der Waals surface area contributed by atoms with E-state index in [0.717, 1.165) is 6.07 Å². The normalized spacial score (nSPS) is 11.9. The van der Waals surface area contributed by atoms with Crippen molar-refractivity contribution >= 4 is 21.6 Å². The molecule has 3 aromatic heterocycles. The van der Waals surface area contributed by atoms with Gasteiger partial charge in [0.1, 0.15) is 10.3 Å². The molecule has 8 heteroatoms. The van der Waals surface area contributed by atoms with Crippen LogP contribution in [0.2, 0.25) is 0 Å². The maximum absolute atomic E-state index is 13.2. The Kier molecular flexibility index (Phi) is 3.56. The third-order valence-electron chi connectivity index (χ3n) is 3.14. The number of pyridine rings is 2. The third kappa shape index (κ3) is 2.54. The fraction of sp³-hybridized carbons (Fsp3) is 0.143. The lowest BCUT2D eigenvalue weighted by Crippen LogP contribution is -2.08. The summed E-state index contributed by atoms with van der Waals surface area (Å²) in [5.74, 6) is 0.393. The van der Waals surface area contributed by atoms with Crippen LogP contribution in [0.1, 0.15) is 5.56 Å². The summed E-state index contributed by atoms with van der Waals surface area (Å²) in [5, 5.41) is 0. The van der Waals surface area contributed by atoms with Crippen LogP contribution in [-0.2, 0) is 6.18 Å². The summed E-state index contributed by atoms with van der Waals surface area (Å²) in [6.07, 6.45) is -0.126. The minimum absolute atomic E-state index is 0.149. The largest absolute Gasteiger partial charge is 0.481 e. The number of ether oxygens (including phenoxy) is 1. The highest BCUT2D eigenvalue weighted by molar-refractivity contribution is 9.10. The Hall–Kier alpha value is -2.09. The molecule has 0 bridgehead atoms. The summed E-state index contributed by atoms with van der Waals surface area (Å²) < 4.78 is 46.4. The van der Waals surface area contributed by atoms with Gasteiger partial charge in [0, 0.05) is 29.6 Å². The van der Waals surface area contributed by atoms with Gasteiger partial charge in [-0.1, -0.05) is 0 Å². The van der Waals surface area contributed by atoms with E-state index in [-0.39, 0.29) is 5.65 Å². The first-order valence-corrected chi connectivity index (χ1v) is 6.93. The smallest absolute Gasteiger partial charge is 0.420 e. The zero-order valence-electron chi connectivity index (χ0n) is 11.2. The Morgan fingerprint density at radius 1 is 1.14 bits per heavy atom. The van der Waals surface area contributed by atoms with Crippen molar-refractivity contribution in [3.8, 4) is 17.0 Å². The highest BCUT2D eigenvalue weighted by atomic mass is 79.9. The molecule has 3 aromatic rings. The van der Waals surface area contributed by atoms with Crippen molar-refractivity contribution in [2.24, 2.45) is 0 Å². The van der Waals surface area contributed by atoms with E-state index in [4.69, 9.17) is 4.74 Å². The second-order valence-electron chi connectivity index (χ2n) is 4.50. The quantitative estimate of drug-likeness (QED) is 0.678. The predicted molar refractivity (Wildman–Crippen MR) is 77.7 cm³/mol. The van der Waals surface area contributed by atoms with Crippen LogP contribution >= 0.6 is 15.9 Å². The SMILES string of the molecule is COc1ccc(-c2cc(C(F)(F)F)c3ncc(Br)n3c2)cn1. The van der Waals surface area contributed by atoms with Crippen LogP contribution in [0.4, 0.5) is 13.2 Å². The number of imidazole rings is 1. The van der Waals surface area contributed by atoms with Crippen LogP contribution in [0, 0.1) is 0 Å². The number of nitrogens with zero attached hydrogens (tertiary/aromatic N) is 3. The van der Waals surface area contributed by atoms with Gasteiger partial charge < -0.3 is 4.74 Å². The molecular formula is C14H9BrF3N3O. The molecule has 22 heavy (non-hydrogen) atoms. The number of hydrogen-bond acceptors (Lipinski definition) is 3. The molecule has 0 fully saturated rings. The van der Waals surface area contributed by atoms with Crippen molar-refractivity contribution in [3.63, 3.8) is 0 Å². The maximum atomic E-state index is 13.2. The molecule has 0 atom stereocenters. The predicted octanol–water partition coefficient (Wildman–Crippen LogP) is 4.19. The number of methoxy groups -OCH3 is 1. The zero-order valence-corrected chi connectivity index (χ0v) is 12.8. The van der Waals surface area contributed by atoms with Crippen LogP contribution in [0.5, 0.6) is 5.88 Å². The first-order valence-electron chi connectivity index (χ1n) is 6.14. The van der Waals surface area contributed by atoms with Crippen LogP contribution in [0.15, 0.2) is 41.4 Å². The van der Waals surface area contributed by atoms with Crippen molar-refractivity contribution in [2.75, 3.05) is 7.11 Å². The lowest BCUT2D eigenvalue weighted by Gasteiger charge is -2.11. The fourth-order valence-electron chi connectivity index (χ4n) is 2.10. The fourth-order valence-corrected chi connectivity index (χ4v) is 2.47. The molecule has 114 valence electrons. The van der Waals surface area contributed by atoms with Crippen molar-refractivity contribution in [1.29, 1.82) is 0 Å². The maximum Gasteiger partial charge on any atom is 0.420 e. The van der Waals surface area contributed by atoms with Crippen molar-refractivity contribution in [1.82, 2.24) is 14.4 Å². The number of halogens is 4. The molecule has 0 aromatic carbocycles. The van der Waals surface area contributed by atoms with Gasteiger partial charge in [-0.05, 0) is 28.1 Å². The van der Waals surface area contributed by atoms with Crippen LogP contribution in [0.25, 0.3) is 16.8 Å². The monoisotopic (exact) mass is 371 g/mol. The van der Waals surface area contributed by atoms with E-state index in [1.807, 2.05) is 0 Å². The Morgan fingerprint density at radius 2 is 1.91 bits per heavy atom. The molecule has 0 saturated heterocycles. The zero-order chi connectivity index (χ0) is 15.9. The van der Waals surface area contributed by atoms with Gasteiger partial charge in [0.05, 0.1) is 18.9 Å². The molecule has 0 aliphatic heterocycles. The minimum atomic E-state index is -4.50. The first kappa shape index (κ1) is 14.8. The number of alkyl halides is 3. The Balaban J connectivity index is 2.23. The summed E-state index contributed by atoms with van der Waals surface area (Å²) in [5.41, 5.74) is -0.0152. The van der Waals surface area contributed by atoms with Gasteiger partial charge in [0.15, 0.2) is 0 Å². The summed E-state index contributed by atoms with van der Waals surface area (Å²) in [7, 11) is 1.47. The molecule has 0 N–H and O–H groups in total. The first-order chi connectivity index (χ1) is 10.4. The lowest BCUT2D eigenvalue weighted by molar-refractivity contribution is -0.136. The van der Waals surface area contributed by atoms with Crippen LogP contribution in [0.3, 0.4) is 0 Å². The average Bonchev–Trinajstić information content (AvgIpc) is 2.87. The summed E-state index contributed by atoms with van der Waals surface area (Å²) in [4.78, 5) is 7.82. The Morgan fingerprint density at radius 3 is 2.50 bits per heavy atom. The Labute approximate surface area is 131 Å². The van der Waals surface area contributed by atoms with Crippen LogP contribution < -0.4 is 4.74 Å². The molecule has 0 aliphatic carbocycles. The van der Waals surface area contributed by atoms with E-state index in [1.54, 1.807) is 18.3 Å². The van der Waals surface area contributed by atoms with E-state index >= 15 is 0 Å². The second kappa shape index (κ2) is 5.28. The summed E-state index contributed by atoms with van der Waals surface area (Å²) >= 11 is 3.19. The number of hydrogen-bond donors (Lipinski definition) is 0. The molecule has 0 spiro atoms. The Bertz CT molecular complexity index is 828. The van der Waals surface area contributed by atoms with Gasteiger partial charge in [0.2, 0.25) is 5.88 Å². The lowest BCUT2D eigenvalue weighted by atomic mass is 10.1. The molecule has 0 saturated carbocycles. The minimum Gasteiger partial charge on any atom is -0.481 e. The average molecular weight is 372 g/mol. The standard InChI is InChI=1S/C14H9BrF3N3O/c1-22-12-3-2-8(5-19-12)9-4-10(14(16,17)18)13-20-6-11(15)21(13)7-9/h2-7H,1H3. The molecule has 0 amide bonds. The molecule has 0 radical (unpaired) electrons. The molecule has 0 unspecified atom stereocenters.